The highest BCUT2D eigenvalue weighted by molar-refractivity contribution is 7.09. The second-order valence-electron chi connectivity index (χ2n) is 6.05. The first-order chi connectivity index (χ1) is 10.1. The molecule has 1 aromatic heterocycles. The predicted octanol–water partition coefficient (Wildman–Crippen LogP) is 2.14. The summed E-state index contributed by atoms with van der Waals surface area (Å²) in [5.41, 5.74) is 0. The molecule has 1 aromatic rings. The molecule has 0 bridgehead atoms. The number of thiophene rings is 1. The van der Waals surface area contributed by atoms with E-state index in [0.717, 1.165) is 31.4 Å². The normalized spacial score (nSPS) is 17.1. The van der Waals surface area contributed by atoms with Gasteiger partial charge in [-0.3, -0.25) is 4.99 Å². The molecule has 5 heteroatoms. The zero-order chi connectivity index (χ0) is 15.2. The van der Waals surface area contributed by atoms with E-state index < -0.39 is 0 Å². The van der Waals surface area contributed by atoms with Gasteiger partial charge in [0.1, 0.15) is 0 Å². The lowest BCUT2D eigenvalue weighted by Crippen LogP contribution is -2.46. The van der Waals surface area contributed by atoms with Gasteiger partial charge in [-0.1, -0.05) is 6.07 Å². The fourth-order valence-corrected chi connectivity index (χ4v) is 3.37. The maximum Gasteiger partial charge on any atom is 0.193 e. The van der Waals surface area contributed by atoms with Crippen LogP contribution in [0.25, 0.3) is 0 Å². The van der Waals surface area contributed by atoms with Gasteiger partial charge in [0.25, 0.3) is 0 Å². The van der Waals surface area contributed by atoms with E-state index in [1.54, 1.807) is 0 Å². The molecule has 0 amide bonds. The van der Waals surface area contributed by atoms with Gasteiger partial charge >= 0.3 is 0 Å². The maximum absolute atomic E-state index is 4.42. The van der Waals surface area contributed by atoms with E-state index in [0.29, 0.717) is 6.04 Å². The second kappa shape index (κ2) is 7.80. The lowest BCUT2D eigenvalue weighted by molar-refractivity contribution is 0.262. The van der Waals surface area contributed by atoms with E-state index in [2.05, 4.69) is 58.8 Å². The van der Waals surface area contributed by atoms with Gasteiger partial charge in [-0.05, 0) is 50.7 Å². The van der Waals surface area contributed by atoms with Crippen molar-refractivity contribution in [3.05, 3.63) is 22.4 Å². The van der Waals surface area contributed by atoms with Crippen molar-refractivity contribution in [3.8, 4) is 0 Å². The number of nitrogens with zero attached hydrogens (tertiary/aromatic N) is 3. The zero-order valence-corrected chi connectivity index (χ0v) is 14.5. The number of likely N-dealkylation sites (N-methyl/N-ethyl adjacent to an activating group) is 2. The predicted molar refractivity (Wildman–Crippen MR) is 92.2 cm³/mol. The Morgan fingerprint density at radius 3 is 2.71 bits per heavy atom. The second-order valence-corrected chi connectivity index (χ2v) is 7.08. The fourth-order valence-electron chi connectivity index (χ4n) is 2.67. The lowest BCUT2D eigenvalue weighted by atomic mass is 10.1. The van der Waals surface area contributed by atoms with E-state index in [1.165, 1.54) is 17.7 Å². The Kier molecular flexibility index (Phi) is 6.06. The standard InChI is InChI=1S/C16H28N4S/c1-17-16(18-12-15(19(2)3)13-7-8-13)20(4)10-9-14-6-5-11-21-14/h5-6,11,13,15H,7-10,12H2,1-4H3,(H,17,18). The first-order valence-corrected chi connectivity index (χ1v) is 8.60. The summed E-state index contributed by atoms with van der Waals surface area (Å²) < 4.78 is 0. The molecule has 1 fully saturated rings. The third-order valence-corrected chi connectivity index (χ3v) is 5.08. The first kappa shape index (κ1) is 16.3. The molecule has 1 heterocycles. The molecule has 1 aliphatic rings. The van der Waals surface area contributed by atoms with Crippen molar-refractivity contribution >= 4 is 17.3 Å². The molecule has 1 N–H and O–H groups in total. The average molecular weight is 308 g/mol. The van der Waals surface area contributed by atoms with Crippen LogP contribution in [0.2, 0.25) is 0 Å². The minimum Gasteiger partial charge on any atom is -0.355 e. The molecule has 21 heavy (non-hydrogen) atoms. The molecular weight excluding hydrogens is 280 g/mol. The molecule has 0 aromatic carbocycles. The van der Waals surface area contributed by atoms with Crippen molar-refractivity contribution < 1.29 is 0 Å². The van der Waals surface area contributed by atoms with Crippen LogP contribution in [0.5, 0.6) is 0 Å². The Hall–Kier alpha value is -1.07. The summed E-state index contributed by atoms with van der Waals surface area (Å²) in [5.74, 6) is 1.86. The van der Waals surface area contributed by atoms with Crippen LogP contribution in [0.1, 0.15) is 17.7 Å². The number of rotatable bonds is 7. The smallest absolute Gasteiger partial charge is 0.193 e. The maximum atomic E-state index is 4.42. The van der Waals surface area contributed by atoms with E-state index in [4.69, 9.17) is 0 Å². The zero-order valence-electron chi connectivity index (χ0n) is 13.7. The van der Waals surface area contributed by atoms with Crippen molar-refractivity contribution in [3.63, 3.8) is 0 Å². The van der Waals surface area contributed by atoms with Crippen LogP contribution in [-0.4, -0.2) is 63.1 Å². The lowest BCUT2D eigenvalue weighted by Gasteiger charge is -2.28. The number of hydrogen-bond acceptors (Lipinski definition) is 3. The van der Waals surface area contributed by atoms with Crippen LogP contribution in [0, 0.1) is 5.92 Å². The van der Waals surface area contributed by atoms with Crippen LogP contribution in [-0.2, 0) is 6.42 Å². The highest BCUT2D eigenvalue weighted by Crippen LogP contribution is 2.34. The molecule has 1 aliphatic carbocycles. The SMILES string of the molecule is CN=C(NCC(C1CC1)N(C)C)N(C)CCc1cccs1. The third-order valence-electron chi connectivity index (χ3n) is 4.15. The van der Waals surface area contributed by atoms with Gasteiger partial charge in [-0.15, -0.1) is 11.3 Å². The van der Waals surface area contributed by atoms with Crippen LogP contribution in [0.3, 0.4) is 0 Å². The van der Waals surface area contributed by atoms with Gasteiger partial charge in [-0.25, -0.2) is 0 Å². The molecule has 2 rings (SSSR count). The Morgan fingerprint density at radius 2 is 2.19 bits per heavy atom. The summed E-state index contributed by atoms with van der Waals surface area (Å²) in [6.45, 7) is 1.98. The van der Waals surface area contributed by atoms with Crippen LogP contribution < -0.4 is 5.32 Å². The molecule has 0 spiro atoms. The van der Waals surface area contributed by atoms with Crippen molar-refractivity contribution in [1.82, 2.24) is 15.1 Å². The molecule has 1 atom stereocenters. The Bertz CT molecular complexity index is 435. The minimum absolute atomic E-state index is 0.618. The Morgan fingerprint density at radius 1 is 1.43 bits per heavy atom. The van der Waals surface area contributed by atoms with E-state index >= 15 is 0 Å². The van der Waals surface area contributed by atoms with Gasteiger partial charge < -0.3 is 15.1 Å². The van der Waals surface area contributed by atoms with Crippen molar-refractivity contribution in [2.45, 2.75) is 25.3 Å². The molecular formula is C16H28N4S. The summed E-state index contributed by atoms with van der Waals surface area (Å²) in [5, 5.41) is 5.68. The third kappa shape index (κ3) is 5.00. The molecule has 118 valence electrons. The molecule has 1 unspecified atom stereocenters. The Balaban J connectivity index is 1.78. The Labute approximate surface area is 132 Å². The topological polar surface area (TPSA) is 30.9 Å². The highest BCUT2D eigenvalue weighted by Gasteiger charge is 2.32. The van der Waals surface area contributed by atoms with Crippen LogP contribution >= 0.6 is 11.3 Å². The number of nitrogens with one attached hydrogen (secondary N) is 1. The van der Waals surface area contributed by atoms with Crippen molar-refractivity contribution in [2.75, 3.05) is 41.3 Å². The van der Waals surface area contributed by atoms with Crippen LogP contribution in [0.15, 0.2) is 22.5 Å². The van der Waals surface area contributed by atoms with Crippen molar-refractivity contribution in [1.29, 1.82) is 0 Å². The van der Waals surface area contributed by atoms with Gasteiger partial charge in [-0.2, -0.15) is 0 Å². The van der Waals surface area contributed by atoms with Gasteiger partial charge in [0.2, 0.25) is 0 Å². The largest absolute Gasteiger partial charge is 0.355 e. The average Bonchev–Trinajstić information content (AvgIpc) is 3.15. The summed E-state index contributed by atoms with van der Waals surface area (Å²) in [6.07, 6.45) is 3.82. The molecule has 1 saturated carbocycles. The fraction of sp³-hybridized carbons (Fsp3) is 0.688. The highest BCUT2D eigenvalue weighted by atomic mass is 32.1. The molecule has 0 aliphatic heterocycles. The number of aliphatic imine (C=N–C) groups is 1. The monoisotopic (exact) mass is 308 g/mol. The summed E-state index contributed by atoms with van der Waals surface area (Å²) >= 11 is 1.82. The van der Waals surface area contributed by atoms with E-state index in [9.17, 15) is 0 Å². The summed E-state index contributed by atoms with van der Waals surface area (Å²) in [6, 6.07) is 4.93. The number of guanidine groups is 1. The van der Waals surface area contributed by atoms with Crippen molar-refractivity contribution in [2.24, 2.45) is 10.9 Å². The van der Waals surface area contributed by atoms with E-state index in [1.807, 2.05) is 18.4 Å². The summed E-state index contributed by atoms with van der Waals surface area (Å²) in [4.78, 5) is 10.4. The minimum atomic E-state index is 0.618. The molecule has 0 saturated heterocycles. The van der Waals surface area contributed by atoms with Gasteiger partial charge in [0.05, 0.1) is 0 Å². The molecule has 4 nitrogen and oxygen atoms in total. The van der Waals surface area contributed by atoms with Gasteiger partial charge in [0.15, 0.2) is 5.96 Å². The first-order valence-electron chi connectivity index (χ1n) is 7.72. The number of hydrogen-bond donors (Lipinski definition) is 1. The van der Waals surface area contributed by atoms with Gasteiger partial charge in [0, 0.05) is 38.1 Å². The summed E-state index contributed by atoms with van der Waals surface area (Å²) in [7, 11) is 8.33. The quantitative estimate of drug-likeness (QED) is 0.618. The molecule has 0 radical (unpaired) electrons. The van der Waals surface area contributed by atoms with Crippen LogP contribution in [0.4, 0.5) is 0 Å². The van der Waals surface area contributed by atoms with E-state index in [-0.39, 0.29) is 0 Å².